The number of carbonyl (C=O) groups is 1. The second kappa shape index (κ2) is 11.2. The molecule has 168 valence electrons. The minimum atomic E-state index is -0.445. The zero-order chi connectivity index (χ0) is 23.1. The van der Waals surface area contributed by atoms with Crippen molar-refractivity contribution in [2.24, 2.45) is 0 Å². The van der Waals surface area contributed by atoms with Gasteiger partial charge in [0.05, 0.1) is 15.1 Å². The summed E-state index contributed by atoms with van der Waals surface area (Å²) < 4.78 is 1.04. The number of non-ortho nitro benzene ring substituents is 1. The molecule has 32 heavy (non-hydrogen) atoms. The monoisotopic (exact) mass is 470 g/mol. The number of hydrogen-bond acceptors (Lipinski definition) is 7. The van der Waals surface area contributed by atoms with Crippen molar-refractivity contribution in [1.82, 2.24) is 9.88 Å². The van der Waals surface area contributed by atoms with Crippen LogP contribution in [-0.4, -0.2) is 53.1 Å². The van der Waals surface area contributed by atoms with Crippen LogP contribution < -0.4 is 4.90 Å². The predicted octanol–water partition coefficient (Wildman–Crippen LogP) is 5.31. The third-order valence-electron chi connectivity index (χ3n) is 5.11. The number of aromatic nitrogens is 1. The van der Waals surface area contributed by atoms with Crippen molar-refractivity contribution < 1.29 is 9.72 Å². The average Bonchev–Trinajstić information content (AvgIpc) is 3.23. The van der Waals surface area contributed by atoms with Gasteiger partial charge >= 0.3 is 0 Å². The predicted molar refractivity (Wildman–Crippen MR) is 134 cm³/mol. The molecule has 1 aromatic heterocycles. The molecule has 3 aromatic rings. The van der Waals surface area contributed by atoms with Crippen molar-refractivity contribution >= 4 is 56.1 Å². The number of thiazole rings is 1. The topological polar surface area (TPSA) is 79.6 Å². The highest BCUT2D eigenvalue weighted by molar-refractivity contribution is 7.98. The van der Waals surface area contributed by atoms with Crippen LogP contribution in [0.4, 0.5) is 10.8 Å². The second-order valence-electron chi connectivity index (χ2n) is 7.03. The molecule has 3 rings (SSSR count). The molecular weight excluding hydrogens is 444 g/mol. The van der Waals surface area contributed by atoms with Gasteiger partial charge in [0.1, 0.15) is 0 Å². The summed E-state index contributed by atoms with van der Waals surface area (Å²) in [7, 11) is 0. The van der Waals surface area contributed by atoms with E-state index in [9.17, 15) is 14.9 Å². The van der Waals surface area contributed by atoms with Crippen LogP contribution in [0.2, 0.25) is 0 Å². The van der Waals surface area contributed by atoms with E-state index in [0.717, 1.165) is 34.7 Å². The molecule has 0 bridgehead atoms. The summed E-state index contributed by atoms with van der Waals surface area (Å²) in [6.45, 7) is 7.24. The molecule has 7 nitrogen and oxygen atoms in total. The quantitative estimate of drug-likeness (QED) is 0.173. The Morgan fingerprint density at radius 2 is 1.97 bits per heavy atom. The Labute approximate surface area is 195 Å². The molecule has 0 spiro atoms. The molecule has 0 aliphatic rings. The standard InChI is InChI=1S/C23H26N4O3S2/c1-4-25(5-2)13-14-26(23-24-20-11-10-19(31-3)16-21(20)32-23)22(28)12-9-17-7-6-8-18(15-17)27(29)30/h6-12,15-16H,4-5,13-14H2,1-3H3. The molecule has 0 saturated heterocycles. The van der Waals surface area contributed by atoms with Gasteiger partial charge in [-0.05, 0) is 49.2 Å². The second-order valence-corrected chi connectivity index (χ2v) is 8.92. The SMILES string of the molecule is CCN(CC)CCN(C(=O)C=Cc1cccc([N+](=O)[O-])c1)c1nc2ccc(SC)cc2s1. The van der Waals surface area contributed by atoms with Gasteiger partial charge in [0, 0.05) is 36.2 Å². The average molecular weight is 471 g/mol. The molecule has 0 radical (unpaired) electrons. The Hall–Kier alpha value is -2.75. The smallest absolute Gasteiger partial charge is 0.270 e. The van der Waals surface area contributed by atoms with Gasteiger partial charge in [-0.25, -0.2) is 4.98 Å². The largest absolute Gasteiger partial charge is 0.302 e. The Balaban J connectivity index is 1.88. The lowest BCUT2D eigenvalue weighted by Crippen LogP contribution is -2.38. The van der Waals surface area contributed by atoms with Crippen LogP contribution in [0, 0.1) is 10.1 Å². The maximum absolute atomic E-state index is 13.2. The summed E-state index contributed by atoms with van der Waals surface area (Å²) in [5, 5.41) is 11.7. The fourth-order valence-electron chi connectivity index (χ4n) is 3.22. The number of rotatable bonds is 10. The zero-order valence-corrected chi connectivity index (χ0v) is 20.0. The van der Waals surface area contributed by atoms with Gasteiger partial charge < -0.3 is 4.90 Å². The van der Waals surface area contributed by atoms with Crippen molar-refractivity contribution in [3.63, 3.8) is 0 Å². The summed E-state index contributed by atoms with van der Waals surface area (Å²) in [6.07, 6.45) is 5.10. The summed E-state index contributed by atoms with van der Waals surface area (Å²) >= 11 is 3.17. The fourth-order valence-corrected chi connectivity index (χ4v) is 4.77. The van der Waals surface area contributed by atoms with E-state index in [1.165, 1.54) is 29.5 Å². The van der Waals surface area contributed by atoms with Crippen LogP contribution in [0.1, 0.15) is 19.4 Å². The lowest BCUT2D eigenvalue weighted by atomic mass is 10.2. The van der Waals surface area contributed by atoms with E-state index in [0.29, 0.717) is 17.2 Å². The number of nitrogens with zero attached hydrogens (tertiary/aromatic N) is 4. The minimum absolute atomic E-state index is 0.00578. The Morgan fingerprint density at radius 3 is 2.66 bits per heavy atom. The zero-order valence-electron chi connectivity index (χ0n) is 18.4. The number of carbonyl (C=O) groups excluding carboxylic acids is 1. The van der Waals surface area contributed by atoms with Gasteiger partial charge in [0.2, 0.25) is 0 Å². The third kappa shape index (κ3) is 5.93. The van der Waals surface area contributed by atoms with Crippen LogP contribution in [0.5, 0.6) is 0 Å². The van der Waals surface area contributed by atoms with Crippen LogP contribution in [-0.2, 0) is 4.79 Å². The van der Waals surface area contributed by atoms with E-state index in [1.54, 1.807) is 34.9 Å². The molecule has 2 aromatic carbocycles. The highest BCUT2D eigenvalue weighted by Crippen LogP contribution is 2.32. The third-order valence-corrected chi connectivity index (χ3v) is 6.88. The highest BCUT2D eigenvalue weighted by Gasteiger charge is 2.19. The number of amides is 1. The van der Waals surface area contributed by atoms with Gasteiger partial charge in [-0.15, -0.1) is 11.8 Å². The Morgan fingerprint density at radius 1 is 1.19 bits per heavy atom. The Bertz CT molecular complexity index is 1130. The first-order chi connectivity index (χ1) is 15.4. The summed E-state index contributed by atoms with van der Waals surface area (Å²) in [5.41, 5.74) is 1.46. The summed E-state index contributed by atoms with van der Waals surface area (Å²) in [5.74, 6) is -0.201. The van der Waals surface area contributed by atoms with Gasteiger partial charge in [-0.1, -0.05) is 37.3 Å². The van der Waals surface area contributed by atoms with E-state index in [-0.39, 0.29) is 11.6 Å². The first kappa shape index (κ1) is 23.9. The van der Waals surface area contributed by atoms with Crippen LogP contribution in [0.15, 0.2) is 53.4 Å². The van der Waals surface area contributed by atoms with E-state index in [2.05, 4.69) is 24.8 Å². The molecule has 0 aliphatic heterocycles. The normalized spacial score (nSPS) is 11.5. The lowest BCUT2D eigenvalue weighted by Gasteiger charge is -2.23. The number of hydrogen-bond donors (Lipinski definition) is 0. The van der Waals surface area contributed by atoms with Crippen molar-refractivity contribution in [3.8, 4) is 0 Å². The van der Waals surface area contributed by atoms with Gasteiger partial charge in [-0.3, -0.25) is 19.8 Å². The van der Waals surface area contributed by atoms with E-state index in [1.807, 2.05) is 18.4 Å². The first-order valence-corrected chi connectivity index (χ1v) is 12.4. The van der Waals surface area contributed by atoms with Crippen LogP contribution in [0.3, 0.4) is 0 Å². The van der Waals surface area contributed by atoms with Crippen LogP contribution in [0.25, 0.3) is 16.3 Å². The van der Waals surface area contributed by atoms with E-state index in [4.69, 9.17) is 4.98 Å². The maximum Gasteiger partial charge on any atom is 0.270 e. The number of likely N-dealkylation sites (N-methyl/N-ethyl adjacent to an activating group) is 1. The first-order valence-electron chi connectivity index (χ1n) is 10.4. The lowest BCUT2D eigenvalue weighted by molar-refractivity contribution is -0.384. The Kier molecular flexibility index (Phi) is 8.38. The molecule has 0 unspecified atom stereocenters. The number of fused-ring (bicyclic) bond motifs is 1. The van der Waals surface area contributed by atoms with Gasteiger partial charge in [0.15, 0.2) is 5.13 Å². The molecule has 0 saturated carbocycles. The number of nitro benzene ring substituents is 1. The maximum atomic E-state index is 13.2. The van der Waals surface area contributed by atoms with E-state index >= 15 is 0 Å². The summed E-state index contributed by atoms with van der Waals surface area (Å²) in [6, 6.07) is 12.3. The molecule has 0 fully saturated rings. The number of thioether (sulfide) groups is 1. The molecule has 1 heterocycles. The van der Waals surface area contributed by atoms with Gasteiger partial charge in [0.25, 0.3) is 11.6 Å². The number of anilines is 1. The van der Waals surface area contributed by atoms with E-state index < -0.39 is 4.92 Å². The molecule has 1 amide bonds. The van der Waals surface area contributed by atoms with Crippen molar-refractivity contribution in [2.45, 2.75) is 18.7 Å². The fraction of sp³-hybridized carbons (Fsp3) is 0.304. The molecule has 0 atom stereocenters. The van der Waals surface area contributed by atoms with Gasteiger partial charge in [-0.2, -0.15) is 0 Å². The van der Waals surface area contributed by atoms with Crippen molar-refractivity contribution in [1.29, 1.82) is 0 Å². The van der Waals surface area contributed by atoms with Crippen molar-refractivity contribution in [3.05, 3.63) is 64.2 Å². The number of nitro groups is 1. The molecular formula is C23H26N4O3S2. The molecule has 0 aliphatic carbocycles. The summed E-state index contributed by atoms with van der Waals surface area (Å²) in [4.78, 5) is 33.5. The highest BCUT2D eigenvalue weighted by atomic mass is 32.2. The molecule has 9 heteroatoms. The van der Waals surface area contributed by atoms with Crippen molar-refractivity contribution in [2.75, 3.05) is 37.3 Å². The molecule has 0 N–H and O–H groups in total. The number of benzene rings is 2. The van der Waals surface area contributed by atoms with Crippen LogP contribution >= 0.6 is 23.1 Å². The minimum Gasteiger partial charge on any atom is -0.302 e.